The highest BCUT2D eigenvalue weighted by molar-refractivity contribution is 5.86. The first-order valence-corrected chi connectivity index (χ1v) is 10.1. The third kappa shape index (κ3) is 4.29. The van der Waals surface area contributed by atoms with Crippen LogP contribution in [0, 0.1) is 0 Å². The zero-order chi connectivity index (χ0) is 24.6. The molecule has 0 radical (unpaired) electrons. The quantitative estimate of drug-likeness (QED) is 0.381. The Labute approximate surface area is 192 Å². The van der Waals surface area contributed by atoms with Crippen molar-refractivity contribution in [3.05, 3.63) is 52.7 Å². The molecule has 11 nitrogen and oxygen atoms in total. The Balaban J connectivity index is 1.69. The lowest BCUT2D eigenvalue weighted by Crippen LogP contribution is -2.61. The monoisotopic (exact) mass is 474 g/mol. The van der Waals surface area contributed by atoms with Gasteiger partial charge in [-0.25, -0.2) is 4.79 Å². The number of carbonyl (C=O) groups excluding carboxylic acids is 1. The number of rotatable bonds is 5. The van der Waals surface area contributed by atoms with E-state index in [1.54, 1.807) is 24.3 Å². The molecule has 34 heavy (non-hydrogen) atoms. The van der Waals surface area contributed by atoms with Gasteiger partial charge in [0.05, 0.1) is 14.2 Å². The Morgan fingerprint density at radius 2 is 1.65 bits per heavy atom. The van der Waals surface area contributed by atoms with Gasteiger partial charge in [0.15, 0.2) is 11.5 Å². The highest BCUT2D eigenvalue weighted by Gasteiger charge is 2.48. The zero-order valence-corrected chi connectivity index (χ0v) is 18.1. The summed E-state index contributed by atoms with van der Waals surface area (Å²) in [4.78, 5) is 24.5. The van der Waals surface area contributed by atoms with E-state index in [0.29, 0.717) is 11.3 Å². The largest absolute Gasteiger partial charge is 0.507 e. The lowest BCUT2D eigenvalue weighted by atomic mass is 9.99. The maximum atomic E-state index is 12.6. The molecule has 1 aliphatic rings. The van der Waals surface area contributed by atoms with E-state index in [0.717, 1.165) is 13.2 Å². The van der Waals surface area contributed by atoms with E-state index in [9.17, 15) is 30.0 Å². The summed E-state index contributed by atoms with van der Waals surface area (Å²) in [6, 6.07) is 10.4. The average Bonchev–Trinajstić information content (AvgIpc) is 2.83. The van der Waals surface area contributed by atoms with Gasteiger partial charge in [0.25, 0.3) is 0 Å². The number of fused-ring (bicyclic) bond motifs is 1. The van der Waals surface area contributed by atoms with Crippen LogP contribution in [0.15, 0.2) is 51.7 Å². The van der Waals surface area contributed by atoms with Crippen LogP contribution in [0.1, 0.15) is 0 Å². The van der Waals surface area contributed by atoms with Gasteiger partial charge in [-0.15, -0.1) is 0 Å². The van der Waals surface area contributed by atoms with Gasteiger partial charge in [0.1, 0.15) is 52.3 Å². The first-order chi connectivity index (χ1) is 16.2. The summed E-state index contributed by atoms with van der Waals surface area (Å²) in [6.07, 6.45) is -8.52. The highest BCUT2D eigenvalue weighted by Crippen LogP contribution is 2.33. The third-order valence-electron chi connectivity index (χ3n) is 5.41. The van der Waals surface area contributed by atoms with Crippen LogP contribution in [0.4, 0.5) is 0 Å². The number of hydrogen-bond acceptors (Lipinski definition) is 11. The van der Waals surface area contributed by atoms with Crippen LogP contribution in [0.3, 0.4) is 0 Å². The summed E-state index contributed by atoms with van der Waals surface area (Å²) < 4.78 is 26.3. The van der Waals surface area contributed by atoms with Gasteiger partial charge < -0.3 is 43.8 Å². The van der Waals surface area contributed by atoms with Gasteiger partial charge in [0, 0.05) is 23.8 Å². The van der Waals surface area contributed by atoms with Crippen molar-refractivity contribution in [2.45, 2.75) is 30.7 Å². The van der Waals surface area contributed by atoms with Crippen molar-refractivity contribution in [2.24, 2.45) is 0 Å². The Hall–Kier alpha value is -3.64. The number of hydrogen-bond donors (Lipinski definition) is 4. The van der Waals surface area contributed by atoms with Crippen molar-refractivity contribution in [2.75, 3.05) is 14.2 Å². The van der Waals surface area contributed by atoms with Gasteiger partial charge in [-0.1, -0.05) is 0 Å². The van der Waals surface area contributed by atoms with E-state index in [-0.39, 0.29) is 22.5 Å². The van der Waals surface area contributed by atoms with Crippen LogP contribution >= 0.6 is 0 Å². The molecular formula is C23H22O11. The molecule has 5 atom stereocenters. The summed E-state index contributed by atoms with van der Waals surface area (Å²) in [7, 11) is 2.59. The second kappa shape index (κ2) is 9.31. The predicted octanol–water partition coefficient (Wildman–Crippen LogP) is 0.534. The molecule has 0 bridgehead atoms. The van der Waals surface area contributed by atoms with E-state index in [2.05, 4.69) is 4.74 Å². The van der Waals surface area contributed by atoms with E-state index >= 15 is 0 Å². The summed E-state index contributed by atoms with van der Waals surface area (Å²) >= 11 is 0. The summed E-state index contributed by atoms with van der Waals surface area (Å²) in [6.45, 7) is 0. The molecular weight excluding hydrogens is 452 g/mol. The molecule has 0 spiro atoms. The second-order valence-electron chi connectivity index (χ2n) is 7.56. The minimum Gasteiger partial charge on any atom is -0.507 e. The molecule has 1 aliphatic heterocycles. The number of aliphatic hydroxyl groups is 3. The van der Waals surface area contributed by atoms with Crippen LogP contribution in [0.25, 0.3) is 22.3 Å². The fourth-order valence-corrected chi connectivity index (χ4v) is 3.60. The highest BCUT2D eigenvalue weighted by atomic mass is 16.7. The van der Waals surface area contributed by atoms with E-state index in [1.807, 2.05) is 0 Å². The maximum absolute atomic E-state index is 12.6. The number of carbonyl (C=O) groups is 1. The molecule has 0 saturated carbocycles. The first kappa shape index (κ1) is 23.5. The first-order valence-electron chi connectivity index (χ1n) is 10.1. The van der Waals surface area contributed by atoms with Crippen LogP contribution in [0.2, 0.25) is 0 Å². The predicted molar refractivity (Wildman–Crippen MR) is 115 cm³/mol. The van der Waals surface area contributed by atoms with E-state index in [1.165, 1.54) is 19.2 Å². The molecule has 4 N–H and O–H groups in total. The van der Waals surface area contributed by atoms with Crippen molar-refractivity contribution in [1.82, 2.24) is 0 Å². The molecule has 1 aromatic heterocycles. The van der Waals surface area contributed by atoms with E-state index in [4.69, 9.17) is 18.6 Å². The summed E-state index contributed by atoms with van der Waals surface area (Å²) in [5.74, 6) is -0.712. The Morgan fingerprint density at radius 1 is 0.941 bits per heavy atom. The van der Waals surface area contributed by atoms with Crippen molar-refractivity contribution in [3.8, 4) is 28.6 Å². The minimum absolute atomic E-state index is 0.0243. The number of aliphatic hydroxyl groups excluding tert-OH is 3. The standard InChI is InChI=1S/C23H22O11/c1-30-11-5-3-10(4-6-11)15-9-14(25)17-13(24)7-12(8-16(17)33-15)32-23-20(28)18(26)19(27)21(34-23)22(29)31-2/h3-9,18-21,23-24,26-28H,1-2H3/t18-,19-,20+,21+,23+/m0/s1. The van der Waals surface area contributed by atoms with Gasteiger partial charge in [0.2, 0.25) is 6.29 Å². The third-order valence-corrected chi connectivity index (χ3v) is 5.41. The Bertz CT molecular complexity index is 1250. The number of phenols is 1. The van der Waals surface area contributed by atoms with Gasteiger partial charge in [-0.05, 0) is 24.3 Å². The molecule has 3 aromatic rings. The van der Waals surface area contributed by atoms with Crippen molar-refractivity contribution in [1.29, 1.82) is 0 Å². The van der Waals surface area contributed by atoms with Crippen molar-refractivity contribution < 1.29 is 48.6 Å². The molecule has 0 amide bonds. The zero-order valence-electron chi connectivity index (χ0n) is 18.1. The molecule has 0 aliphatic carbocycles. The van der Waals surface area contributed by atoms with Crippen molar-refractivity contribution >= 4 is 16.9 Å². The van der Waals surface area contributed by atoms with E-state index < -0.39 is 47.9 Å². The van der Waals surface area contributed by atoms with Gasteiger partial charge in [-0.2, -0.15) is 0 Å². The van der Waals surface area contributed by atoms with Crippen LogP contribution < -0.4 is 14.9 Å². The molecule has 11 heteroatoms. The lowest BCUT2D eigenvalue weighted by Gasteiger charge is -2.38. The topological polar surface area (TPSA) is 165 Å². The second-order valence-corrected chi connectivity index (χ2v) is 7.56. The number of methoxy groups -OCH3 is 2. The van der Waals surface area contributed by atoms with Crippen LogP contribution in [0.5, 0.6) is 17.2 Å². The fraction of sp³-hybridized carbons (Fsp3) is 0.304. The molecule has 180 valence electrons. The normalized spacial score (nSPS) is 24.6. The Kier molecular flexibility index (Phi) is 6.44. The average molecular weight is 474 g/mol. The van der Waals surface area contributed by atoms with Crippen LogP contribution in [-0.4, -0.2) is 71.3 Å². The number of aromatic hydroxyl groups is 1. The SMILES string of the molecule is COC(=O)[C@@H]1O[C@@H](Oc2cc(O)c3c(=O)cc(-c4ccc(OC)cc4)oc3c2)[C@H](O)[C@@H](O)[C@@H]1O. The molecule has 2 aromatic carbocycles. The van der Waals surface area contributed by atoms with Crippen molar-refractivity contribution in [3.63, 3.8) is 0 Å². The lowest BCUT2D eigenvalue weighted by molar-refractivity contribution is -0.271. The summed E-state index contributed by atoms with van der Waals surface area (Å²) in [5.41, 5.74) is 0.0489. The molecule has 0 unspecified atom stereocenters. The number of phenolic OH excluding ortho intramolecular Hbond substituents is 1. The van der Waals surface area contributed by atoms with Gasteiger partial charge >= 0.3 is 5.97 Å². The number of esters is 1. The molecule has 1 fully saturated rings. The maximum Gasteiger partial charge on any atom is 0.337 e. The fourth-order valence-electron chi connectivity index (χ4n) is 3.60. The number of benzene rings is 2. The molecule has 1 saturated heterocycles. The molecule has 4 rings (SSSR count). The Morgan fingerprint density at radius 3 is 2.29 bits per heavy atom. The minimum atomic E-state index is -1.78. The number of ether oxygens (including phenoxy) is 4. The molecule has 2 heterocycles. The smallest absolute Gasteiger partial charge is 0.337 e. The van der Waals surface area contributed by atoms with Gasteiger partial charge in [-0.3, -0.25) is 4.79 Å². The summed E-state index contributed by atoms with van der Waals surface area (Å²) in [5, 5.41) is 40.6. The van der Waals surface area contributed by atoms with Crippen LogP contribution in [-0.2, 0) is 14.3 Å².